The summed E-state index contributed by atoms with van der Waals surface area (Å²) in [7, 11) is 0. The van der Waals surface area contributed by atoms with Crippen molar-refractivity contribution >= 4 is 0 Å². The molecule has 1 aliphatic rings. The fourth-order valence-electron chi connectivity index (χ4n) is 2.79. The standard InChI is InChI=1S/C17H18O/c1-13-16-10-6-5-7-14(16)11-12-17(13)18-15-8-3-2-4-9-15/h2-10,13,17H,11-12H2,1H3. The fourth-order valence-corrected chi connectivity index (χ4v) is 2.79. The number of fused-ring (bicyclic) bond motifs is 1. The molecule has 2 aromatic carbocycles. The van der Waals surface area contributed by atoms with Gasteiger partial charge in [0, 0.05) is 5.92 Å². The molecule has 0 fully saturated rings. The molecule has 0 bridgehead atoms. The second-order valence-electron chi connectivity index (χ2n) is 5.00. The second kappa shape index (κ2) is 4.85. The molecule has 0 aromatic heterocycles. The summed E-state index contributed by atoms with van der Waals surface area (Å²) in [5, 5.41) is 0. The molecule has 0 heterocycles. The highest BCUT2D eigenvalue weighted by Crippen LogP contribution is 2.33. The molecule has 0 amide bonds. The number of ether oxygens (including phenoxy) is 1. The van der Waals surface area contributed by atoms with Gasteiger partial charge in [0.15, 0.2) is 0 Å². The molecule has 92 valence electrons. The molecule has 0 spiro atoms. The zero-order chi connectivity index (χ0) is 12.4. The Bertz CT molecular complexity index is 518. The summed E-state index contributed by atoms with van der Waals surface area (Å²) in [4.78, 5) is 0. The van der Waals surface area contributed by atoms with Crippen LogP contribution in [0.4, 0.5) is 0 Å². The van der Waals surface area contributed by atoms with Crippen LogP contribution in [0.25, 0.3) is 0 Å². The van der Waals surface area contributed by atoms with E-state index in [1.54, 1.807) is 0 Å². The van der Waals surface area contributed by atoms with E-state index < -0.39 is 0 Å². The summed E-state index contributed by atoms with van der Waals surface area (Å²) in [5.41, 5.74) is 2.93. The topological polar surface area (TPSA) is 9.23 Å². The van der Waals surface area contributed by atoms with Gasteiger partial charge in [0.05, 0.1) is 0 Å². The molecule has 0 N–H and O–H groups in total. The van der Waals surface area contributed by atoms with Gasteiger partial charge in [-0.15, -0.1) is 0 Å². The predicted molar refractivity (Wildman–Crippen MR) is 74.0 cm³/mol. The Morgan fingerprint density at radius 1 is 0.944 bits per heavy atom. The van der Waals surface area contributed by atoms with Crippen molar-refractivity contribution in [1.82, 2.24) is 0 Å². The highest BCUT2D eigenvalue weighted by molar-refractivity contribution is 5.34. The Morgan fingerprint density at radius 2 is 1.67 bits per heavy atom. The van der Waals surface area contributed by atoms with Crippen molar-refractivity contribution in [2.75, 3.05) is 0 Å². The normalized spacial score (nSPS) is 22.3. The lowest BCUT2D eigenvalue weighted by atomic mass is 9.82. The van der Waals surface area contributed by atoms with Crippen molar-refractivity contribution in [3.8, 4) is 5.75 Å². The monoisotopic (exact) mass is 238 g/mol. The number of para-hydroxylation sites is 1. The first-order valence-corrected chi connectivity index (χ1v) is 6.64. The molecule has 1 nitrogen and oxygen atoms in total. The average Bonchev–Trinajstić information content (AvgIpc) is 2.43. The minimum atomic E-state index is 0.294. The first kappa shape index (κ1) is 11.3. The first-order chi connectivity index (χ1) is 8.84. The van der Waals surface area contributed by atoms with Crippen molar-refractivity contribution in [1.29, 1.82) is 0 Å². The van der Waals surface area contributed by atoms with E-state index in [-0.39, 0.29) is 0 Å². The molecule has 2 unspecified atom stereocenters. The van der Waals surface area contributed by atoms with Gasteiger partial charge >= 0.3 is 0 Å². The maximum absolute atomic E-state index is 6.12. The molecule has 0 aliphatic heterocycles. The van der Waals surface area contributed by atoms with E-state index in [4.69, 9.17) is 4.74 Å². The van der Waals surface area contributed by atoms with Gasteiger partial charge in [-0.05, 0) is 36.1 Å². The van der Waals surface area contributed by atoms with Crippen molar-refractivity contribution < 1.29 is 4.74 Å². The SMILES string of the molecule is CC1c2ccccc2CCC1Oc1ccccc1. The van der Waals surface area contributed by atoms with E-state index in [1.165, 1.54) is 11.1 Å². The molecule has 2 aromatic rings. The third-order valence-corrected chi connectivity index (χ3v) is 3.83. The highest BCUT2D eigenvalue weighted by atomic mass is 16.5. The summed E-state index contributed by atoms with van der Waals surface area (Å²) in [6, 6.07) is 18.9. The van der Waals surface area contributed by atoms with E-state index in [0.29, 0.717) is 12.0 Å². The molecule has 0 radical (unpaired) electrons. The van der Waals surface area contributed by atoms with E-state index in [2.05, 4.69) is 31.2 Å². The third kappa shape index (κ3) is 2.13. The molecule has 18 heavy (non-hydrogen) atoms. The van der Waals surface area contributed by atoms with Crippen LogP contribution in [0.3, 0.4) is 0 Å². The van der Waals surface area contributed by atoms with Gasteiger partial charge in [0.2, 0.25) is 0 Å². The third-order valence-electron chi connectivity index (χ3n) is 3.83. The van der Waals surface area contributed by atoms with Gasteiger partial charge in [-0.3, -0.25) is 0 Å². The Balaban J connectivity index is 1.81. The van der Waals surface area contributed by atoms with Gasteiger partial charge in [0.1, 0.15) is 11.9 Å². The largest absolute Gasteiger partial charge is 0.490 e. The summed E-state index contributed by atoms with van der Waals surface area (Å²) in [6.07, 6.45) is 2.52. The van der Waals surface area contributed by atoms with Crippen LogP contribution in [0.15, 0.2) is 54.6 Å². The maximum Gasteiger partial charge on any atom is 0.119 e. The van der Waals surface area contributed by atoms with Crippen LogP contribution >= 0.6 is 0 Å². The van der Waals surface area contributed by atoms with Crippen molar-refractivity contribution in [2.45, 2.75) is 31.8 Å². The van der Waals surface area contributed by atoms with Crippen molar-refractivity contribution in [3.63, 3.8) is 0 Å². The molecule has 1 heteroatoms. The fraction of sp³-hybridized carbons (Fsp3) is 0.294. The quantitative estimate of drug-likeness (QED) is 0.762. The summed E-state index contributed by atoms with van der Waals surface area (Å²) in [6.45, 7) is 2.27. The van der Waals surface area contributed by atoms with E-state index in [0.717, 1.165) is 18.6 Å². The van der Waals surface area contributed by atoms with E-state index >= 15 is 0 Å². The average molecular weight is 238 g/mol. The minimum absolute atomic E-state index is 0.294. The molecule has 0 saturated carbocycles. The lowest BCUT2D eigenvalue weighted by Gasteiger charge is -2.31. The maximum atomic E-state index is 6.12. The van der Waals surface area contributed by atoms with Crippen LogP contribution in [0.2, 0.25) is 0 Å². The van der Waals surface area contributed by atoms with Crippen LogP contribution in [0, 0.1) is 0 Å². The van der Waals surface area contributed by atoms with Crippen LogP contribution in [-0.4, -0.2) is 6.10 Å². The highest BCUT2D eigenvalue weighted by Gasteiger charge is 2.27. The Morgan fingerprint density at radius 3 is 2.50 bits per heavy atom. The number of hydrogen-bond acceptors (Lipinski definition) is 1. The number of rotatable bonds is 2. The van der Waals surface area contributed by atoms with Gasteiger partial charge in [0.25, 0.3) is 0 Å². The minimum Gasteiger partial charge on any atom is -0.490 e. The summed E-state index contributed by atoms with van der Waals surface area (Å²) in [5.74, 6) is 1.45. The smallest absolute Gasteiger partial charge is 0.119 e. The molecular formula is C17H18O. The van der Waals surface area contributed by atoms with E-state index in [9.17, 15) is 0 Å². The van der Waals surface area contributed by atoms with Crippen LogP contribution in [-0.2, 0) is 6.42 Å². The van der Waals surface area contributed by atoms with Crippen LogP contribution < -0.4 is 4.74 Å². The molecule has 1 aliphatic carbocycles. The van der Waals surface area contributed by atoms with Crippen LogP contribution in [0.1, 0.15) is 30.4 Å². The summed E-state index contributed by atoms with van der Waals surface area (Å²) < 4.78 is 6.12. The van der Waals surface area contributed by atoms with Crippen LogP contribution in [0.5, 0.6) is 5.75 Å². The Hall–Kier alpha value is -1.76. The van der Waals surface area contributed by atoms with Gasteiger partial charge in [-0.1, -0.05) is 49.4 Å². The number of hydrogen-bond donors (Lipinski definition) is 0. The number of benzene rings is 2. The van der Waals surface area contributed by atoms with Gasteiger partial charge in [-0.25, -0.2) is 0 Å². The molecule has 3 rings (SSSR count). The lowest BCUT2D eigenvalue weighted by Crippen LogP contribution is -2.28. The first-order valence-electron chi connectivity index (χ1n) is 6.64. The molecule has 0 saturated heterocycles. The zero-order valence-electron chi connectivity index (χ0n) is 10.7. The van der Waals surface area contributed by atoms with Crippen molar-refractivity contribution in [3.05, 3.63) is 65.7 Å². The Kier molecular flexibility index (Phi) is 3.06. The van der Waals surface area contributed by atoms with Gasteiger partial charge < -0.3 is 4.74 Å². The number of aryl methyl sites for hydroxylation is 1. The van der Waals surface area contributed by atoms with Crippen molar-refractivity contribution in [2.24, 2.45) is 0 Å². The van der Waals surface area contributed by atoms with E-state index in [1.807, 2.05) is 30.3 Å². The summed E-state index contributed by atoms with van der Waals surface area (Å²) >= 11 is 0. The zero-order valence-corrected chi connectivity index (χ0v) is 10.7. The molecule has 2 atom stereocenters. The second-order valence-corrected chi connectivity index (χ2v) is 5.00. The lowest BCUT2D eigenvalue weighted by molar-refractivity contribution is 0.158. The Labute approximate surface area is 108 Å². The van der Waals surface area contributed by atoms with Gasteiger partial charge in [-0.2, -0.15) is 0 Å². The molecular weight excluding hydrogens is 220 g/mol. The predicted octanol–water partition coefficient (Wildman–Crippen LogP) is 4.18.